The average Bonchev–Trinajstić information content (AvgIpc) is 3.13. The largest absolute Gasteiger partial charge is 0.335 e. The number of sulfone groups is 1. The van der Waals surface area contributed by atoms with Gasteiger partial charge in [0.1, 0.15) is 11.5 Å². The maximum Gasteiger partial charge on any atom is 0.270 e. The van der Waals surface area contributed by atoms with E-state index in [1.807, 2.05) is 0 Å². The molecule has 3 aliphatic rings. The number of amides is 2. The van der Waals surface area contributed by atoms with Gasteiger partial charge >= 0.3 is 0 Å². The summed E-state index contributed by atoms with van der Waals surface area (Å²) in [5.74, 6) is -1.40. The Morgan fingerprint density at radius 3 is 2.31 bits per heavy atom. The molecule has 0 radical (unpaired) electrons. The molecule has 0 aliphatic carbocycles. The number of hydrogen-bond donors (Lipinski definition) is 0. The summed E-state index contributed by atoms with van der Waals surface area (Å²) in [6.45, 7) is 0.429. The molecule has 3 heterocycles. The molecule has 2 amide bonds. The Bertz CT molecular complexity index is 1160. The summed E-state index contributed by atoms with van der Waals surface area (Å²) in [5, 5.41) is 5.32. The highest BCUT2D eigenvalue weighted by molar-refractivity contribution is 7.91. The van der Waals surface area contributed by atoms with Crippen LogP contribution in [0.3, 0.4) is 0 Å². The van der Waals surface area contributed by atoms with Crippen LogP contribution in [0.5, 0.6) is 0 Å². The van der Waals surface area contributed by atoms with Gasteiger partial charge in [-0.15, -0.1) is 0 Å². The highest BCUT2D eigenvalue weighted by Gasteiger charge is 2.38. The molecule has 4 rings (SSSR count). The molecule has 32 heavy (non-hydrogen) atoms. The van der Waals surface area contributed by atoms with Crippen LogP contribution in [0.4, 0.5) is 4.39 Å². The molecule has 0 N–H and O–H groups in total. The van der Waals surface area contributed by atoms with E-state index in [2.05, 4.69) is 5.10 Å². The van der Waals surface area contributed by atoms with Crippen molar-refractivity contribution in [3.63, 3.8) is 0 Å². The first kappa shape index (κ1) is 22.8. The molecule has 1 atom stereocenters. The standard InChI is InChI=1S/C19H23FN4O6S2/c20-14-1-3-16(4-2-14)32(29,30)23-10-8-22(9-11-23)19(26)17-5-6-18(25)24(21-17)15-7-12-31(27,28)13-15/h1-4,15H,5-13H2/t15-/m1/s1. The number of benzene rings is 1. The van der Waals surface area contributed by atoms with Gasteiger partial charge in [0.05, 0.1) is 22.4 Å². The second-order valence-electron chi connectivity index (χ2n) is 7.99. The average molecular weight is 487 g/mol. The Morgan fingerprint density at radius 2 is 1.72 bits per heavy atom. The SMILES string of the molecule is O=C(C1=NN([C@@H]2CCS(=O)(=O)C2)C(=O)CC1)N1CCN(S(=O)(=O)c2ccc(F)cc2)CC1. The summed E-state index contributed by atoms with van der Waals surface area (Å²) in [6.07, 6.45) is 0.515. The van der Waals surface area contributed by atoms with Gasteiger partial charge in [0.15, 0.2) is 9.84 Å². The molecule has 0 bridgehead atoms. The molecule has 0 saturated carbocycles. The predicted molar refractivity (Wildman–Crippen MR) is 112 cm³/mol. The van der Waals surface area contributed by atoms with Gasteiger partial charge < -0.3 is 4.90 Å². The van der Waals surface area contributed by atoms with Crippen molar-refractivity contribution in [2.45, 2.75) is 30.2 Å². The van der Waals surface area contributed by atoms with Gasteiger partial charge in [-0.25, -0.2) is 26.2 Å². The fourth-order valence-electron chi connectivity index (χ4n) is 4.05. The lowest BCUT2D eigenvalue weighted by atomic mass is 10.1. The second-order valence-corrected chi connectivity index (χ2v) is 12.2. The predicted octanol–water partition coefficient (Wildman–Crippen LogP) is -0.176. The smallest absolute Gasteiger partial charge is 0.270 e. The molecule has 0 aromatic heterocycles. The first-order chi connectivity index (χ1) is 15.1. The van der Waals surface area contributed by atoms with E-state index in [4.69, 9.17) is 0 Å². The lowest BCUT2D eigenvalue weighted by Crippen LogP contribution is -2.53. The monoisotopic (exact) mass is 486 g/mol. The topological polar surface area (TPSA) is 124 Å². The van der Waals surface area contributed by atoms with E-state index in [0.717, 1.165) is 17.1 Å². The van der Waals surface area contributed by atoms with Crippen molar-refractivity contribution in [2.24, 2.45) is 5.10 Å². The molecule has 2 fully saturated rings. The van der Waals surface area contributed by atoms with Gasteiger partial charge in [0.25, 0.3) is 5.91 Å². The van der Waals surface area contributed by atoms with Crippen molar-refractivity contribution in [3.8, 4) is 0 Å². The lowest BCUT2D eigenvalue weighted by Gasteiger charge is -2.35. The van der Waals surface area contributed by atoms with E-state index >= 15 is 0 Å². The molecule has 10 nitrogen and oxygen atoms in total. The van der Waals surface area contributed by atoms with E-state index in [1.165, 1.54) is 21.3 Å². The third-order valence-corrected chi connectivity index (χ3v) is 9.50. The summed E-state index contributed by atoms with van der Waals surface area (Å²) in [4.78, 5) is 26.7. The van der Waals surface area contributed by atoms with Crippen molar-refractivity contribution >= 4 is 37.4 Å². The normalized spacial score (nSPS) is 24.5. The second kappa shape index (κ2) is 8.52. The number of carbonyl (C=O) groups is 2. The molecule has 2 saturated heterocycles. The van der Waals surface area contributed by atoms with Crippen LogP contribution >= 0.6 is 0 Å². The van der Waals surface area contributed by atoms with Crippen molar-refractivity contribution in [1.82, 2.24) is 14.2 Å². The Morgan fingerprint density at radius 1 is 1.06 bits per heavy atom. The summed E-state index contributed by atoms with van der Waals surface area (Å²) >= 11 is 0. The third-order valence-electron chi connectivity index (χ3n) is 5.84. The Labute approximate surface area is 185 Å². The molecule has 0 unspecified atom stereocenters. The maximum absolute atomic E-state index is 13.1. The Kier molecular flexibility index (Phi) is 6.07. The van der Waals surface area contributed by atoms with Crippen LogP contribution in [0.15, 0.2) is 34.3 Å². The number of carbonyl (C=O) groups excluding carboxylic acids is 2. The van der Waals surface area contributed by atoms with Crippen LogP contribution in [0.2, 0.25) is 0 Å². The molecule has 3 aliphatic heterocycles. The zero-order valence-corrected chi connectivity index (χ0v) is 18.8. The van der Waals surface area contributed by atoms with Crippen molar-refractivity contribution in [2.75, 3.05) is 37.7 Å². The molecule has 0 spiro atoms. The quantitative estimate of drug-likeness (QED) is 0.582. The number of rotatable bonds is 4. The van der Waals surface area contributed by atoms with Gasteiger partial charge in [-0.2, -0.15) is 9.41 Å². The van der Waals surface area contributed by atoms with Gasteiger partial charge in [-0.1, -0.05) is 0 Å². The van der Waals surface area contributed by atoms with Gasteiger partial charge in [-0.3, -0.25) is 9.59 Å². The first-order valence-corrected chi connectivity index (χ1v) is 13.5. The summed E-state index contributed by atoms with van der Waals surface area (Å²) in [5.41, 5.74) is 0.170. The van der Waals surface area contributed by atoms with E-state index in [0.29, 0.717) is 6.42 Å². The minimum Gasteiger partial charge on any atom is -0.335 e. The van der Waals surface area contributed by atoms with Crippen LogP contribution < -0.4 is 0 Å². The number of piperazine rings is 1. The van der Waals surface area contributed by atoms with Gasteiger partial charge in [0.2, 0.25) is 15.9 Å². The lowest BCUT2D eigenvalue weighted by molar-refractivity contribution is -0.134. The number of hydrazone groups is 1. The van der Waals surface area contributed by atoms with E-state index in [-0.39, 0.29) is 72.9 Å². The van der Waals surface area contributed by atoms with E-state index in [1.54, 1.807) is 0 Å². The highest BCUT2D eigenvalue weighted by Crippen LogP contribution is 2.23. The fourth-order valence-corrected chi connectivity index (χ4v) is 7.16. The molecule has 1 aromatic carbocycles. The molecule has 1 aromatic rings. The molecular weight excluding hydrogens is 463 g/mol. The minimum absolute atomic E-state index is 0.00919. The van der Waals surface area contributed by atoms with Crippen molar-refractivity contribution < 1.29 is 30.8 Å². The minimum atomic E-state index is -3.80. The summed E-state index contributed by atoms with van der Waals surface area (Å²) in [7, 11) is -7.02. The number of sulfonamides is 1. The summed E-state index contributed by atoms with van der Waals surface area (Å²) < 4.78 is 63.3. The van der Waals surface area contributed by atoms with Gasteiger partial charge in [0, 0.05) is 39.0 Å². The van der Waals surface area contributed by atoms with Crippen LogP contribution in [0, 0.1) is 5.82 Å². The molecular formula is C19H23FN4O6S2. The third kappa shape index (κ3) is 4.55. The van der Waals surface area contributed by atoms with E-state index in [9.17, 15) is 30.8 Å². The Balaban J connectivity index is 1.42. The zero-order chi connectivity index (χ0) is 23.1. The first-order valence-electron chi connectivity index (χ1n) is 10.2. The van der Waals surface area contributed by atoms with Crippen LogP contribution in [0.25, 0.3) is 0 Å². The molecule has 174 valence electrons. The zero-order valence-electron chi connectivity index (χ0n) is 17.2. The fraction of sp³-hybridized carbons (Fsp3) is 0.526. The highest BCUT2D eigenvalue weighted by atomic mass is 32.2. The number of halogens is 1. The molecule has 13 heteroatoms. The van der Waals surface area contributed by atoms with Crippen LogP contribution in [-0.4, -0.2) is 92.3 Å². The summed E-state index contributed by atoms with van der Waals surface area (Å²) in [6, 6.07) is 4.00. The number of nitrogens with zero attached hydrogens (tertiary/aromatic N) is 4. The van der Waals surface area contributed by atoms with Crippen molar-refractivity contribution in [1.29, 1.82) is 0 Å². The van der Waals surface area contributed by atoms with Crippen LogP contribution in [-0.2, 0) is 29.4 Å². The Hall–Kier alpha value is -2.38. The maximum atomic E-state index is 13.1. The van der Waals surface area contributed by atoms with Gasteiger partial charge in [-0.05, 0) is 30.7 Å². The number of hydrogen-bond acceptors (Lipinski definition) is 7. The van der Waals surface area contributed by atoms with Crippen LogP contribution in [0.1, 0.15) is 19.3 Å². The van der Waals surface area contributed by atoms with E-state index < -0.39 is 31.7 Å². The van der Waals surface area contributed by atoms with Crippen molar-refractivity contribution in [3.05, 3.63) is 30.1 Å².